The number of hydrogen-bond acceptors (Lipinski definition) is 3. The minimum Gasteiger partial charge on any atom is -0.395 e. The summed E-state index contributed by atoms with van der Waals surface area (Å²) in [5, 5.41) is 12.8. The molecule has 1 fully saturated rings. The average molecular weight is 242 g/mol. The van der Waals surface area contributed by atoms with Gasteiger partial charge in [-0.1, -0.05) is 13.8 Å². The highest BCUT2D eigenvalue weighted by atomic mass is 16.3. The first kappa shape index (κ1) is 14.5. The fourth-order valence-electron chi connectivity index (χ4n) is 2.46. The number of carbonyl (C=O) groups excluding carboxylic acids is 1. The van der Waals surface area contributed by atoms with Gasteiger partial charge in [0.25, 0.3) is 0 Å². The zero-order chi connectivity index (χ0) is 12.8. The van der Waals surface area contributed by atoms with Gasteiger partial charge in [0.15, 0.2) is 0 Å². The van der Waals surface area contributed by atoms with Crippen molar-refractivity contribution in [2.45, 2.75) is 52.1 Å². The quantitative estimate of drug-likeness (QED) is 0.756. The molecule has 0 radical (unpaired) electrons. The topological polar surface area (TPSA) is 52.6 Å². The van der Waals surface area contributed by atoms with Crippen molar-refractivity contribution in [1.29, 1.82) is 0 Å². The zero-order valence-electron chi connectivity index (χ0n) is 11.3. The van der Waals surface area contributed by atoms with Gasteiger partial charge in [0.2, 0.25) is 5.91 Å². The van der Waals surface area contributed by atoms with E-state index in [1.54, 1.807) is 6.92 Å². The lowest BCUT2D eigenvalue weighted by Gasteiger charge is -2.34. The van der Waals surface area contributed by atoms with Crippen LogP contribution >= 0.6 is 0 Å². The van der Waals surface area contributed by atoms with E-state index in [-0.39, 0.29) is 18.6 Å². The van der Waals surface area contributed by atoms with Gasteiger partial charge < -0.3 is 15.3 Å². The first-order valence-electron chi connectivity index (χ1n) is 6.65. The minimum absolute atomic E-state index is 0.171. The minimum atomic E-state index is 0.171. The summed E-state index contributed by atoms with van der Waals surface area (Å²) < 4.78 is 0. The monoisotopic (exact) mass is 242 g/mol. The van der Waals surface area contributed by atoms with Gasteiger partial charge >= 0.3 is 0 Å². The SMILES string of the molecule is CC(=O)N1CCC(NC(CO)CC(C)C)CC1. The first-order valence-corrected chi connectivity index (χ1v) is 6.65. The maximum atomic E-state index is 11.2. The predicted octanol–water partition coefficient (Wildman–Crippen LogP) is 0.994. The first-order chi connectivity index (χ1) is 8.02. The van der Waals surface area contributed by atoms with Crippen LogP contribution in [0.15, 0.2) is 0 Å². The van der Waals surface area contributed by atoms with E-state index in [2.05, 4.69) is 19.2 Å². The van der Waals surface area contributed by atoms with Crippen molar-refractivity contribution >= 4 is 5.91 Å². The normalized spacial score (nSPS) is 19.7. The van der Waals surface area contributed by atoms with E-state index in [1.165, 1.54) is 0 Å². The molecule has 0 aromatic rings. The molecule has 1 amide bonds. The number of aliphatic hydroxyl groups excluding tert-OH is 1. The van der Waals surface area contributed by atoms with Crippen LogP contribution < -0.4 is 5.32 Å². The Hall–Kier alpha value is -0.610. The number of nitrogens with zero attached hydrogens (tertiary/aromatic N) is 1. The van der Waals surface area contributed by atoms with Crippen molar-refractivity contribution in [2.24, 2.45) is 5.92 Å². The molecule has 1 unspecified atom stereocenters. The van der Waals surface area contributed by atoms with Crippen LogP contribution in [0.25, 0.3) is 0 Å². The molecule has 1 atom stereocenters. The van der Waals surface area contributed by atoms with E-state index in [4.69, 9.17) is 0 Å². The molecule has 0 saturated carbocycles. The summed E-state index contributed by atoms with van der Waals surface area (Å²) in [5.41, 5.74) is 0. The van der Waals surface area contributed by atoms with Gasteiger partial charge in [0.05, 0.1) is 6.61 Å². The molecule has 0 aliphatic carbocycles. The lowest BCUT2D eigenvalue weighted by Crippen LogP contribution is -2.48. The fraction of sp³-hybridized carbons (Fsp3) is 0.923. The number of aliphatic hydroxyl groups is 1. The second kappa shape index (κ2) is 6.97. The second-order valence-electron chi connectivity index (χ2n) is 5.46. The van der Waals surface area contributed by atoms with Crippen LogP contribution in [0.4, 0.5) is 0 Å². The van der Waals surface area contributed by atoms with Gasteiger partial charge in [-0.2, -0.15) is 0 Å². The Morgan fingerprint density at radius 2 is 2.00 bits per heavy atom. The lowest BCUT2D eigenvalue weighted by molar-refractivity contribution is -0.129. The second-order valence-corrected chi connectivity index (χ2v) is 5.46. The number of rotatable bonds is 5. The smallest absolute Gasteiger partial charge is 0.219 e. The molecule has 1 heterocycles. The number of likely N-dealkylation sites (tertiary alicyclic amines) is 1. The summed E-state index contributed by atoms with van der Waals surface area (Å²) in [6, 6.07) is 0.644. The predicted molar refractivity (Wildman–Crippen MR) is 68.7 cm³/mol. The van der Waals surface area contributed by atoms with Crippen molar-refractivity contribution in [3.05, 3.63) is 0 Å². The molecule has 1 rings (SSSR count). The standard InChI is InChI=1S/C13H26N2O2/c1-10(2)8-13(9-16)14-12-4-6-15(7-5-12)11(3)17/h10,12-14,16H,4-9H2,1-3H3. The van der Waals surface area contributed by atoms with Crippen LogP contribution in [0.1, 0.15) is 40.0 Å². The van der Waals surface area contributed by atoms with Crippen LogP contribution in [-0.2, 0) is 4.79 Å². The Balaban J connectivity index is 2.31. The fourth-order valence-corrected chi connectivity index (χ4v) is 2.46. The van der Waals surface area contributed by atoms with Gasteiger partial charge in [-0.05, 0) is 25.2 Å². The van der Waals surface area contributed by atoms with Gasteiger partial charge in [0, 0.05) is 32.1 Å². The van der Waals surface area contributed by atoms with E-state index in [1.807, 2.05) is 4.90 Å². The molecule has 4 nitrogen and oxygen atoms in total. The highest BCUT2D eigenvalue weighted by Gasteiger charge is 2.22. The number of nitrogens with one attached hydrogen (secondary N) is 1. The summed E-state index contributed by atoms with van der Waals surface area (Å²) in [5.74, 6) is 0.765. The summed E-state index contributed by atoms with van der Waals surface area (Å²) in [6.07, 6.45) is 2.99. The number of piperidine rings is 1. The summed E-state index contributed by atoms with van der Waals surface area (Å²) in [7, 11) is 0. The number of amides is 1. The van der Waals surface area contributed by atoms with Gasteiger partial charge in [0.1, 0.15) is 0 Å². The largest absolute Gasteiger partial charge is 0.395 e. The Labute approximate surface area is 104 Å². The van der Waals surface area contributed by atoms with Crippen molar-refractivity contribution in [2.75, 3.05) is 19.7 Å². The molecule has 0 aromatic carbocycles. The third-order valence-electron chi connectivity index (χ3n) is 3.39. The van der Waals surface area contributed by atoms with Crippen LogP contribution in [-0.4, -0.2) is 47.7 Å². The summed E-state index contributed by atoms with van der Waals surface area (Å²) in [6.45, 7) is 7.85. The molecular formula is C13H26N2O2. The Morgan fingerprint density at radius 1 is 1.41 bits per heavy atom. The van der Waals surface area contributed by atoms with E-state index < -0.39 is 0 Å². The molecule has 0 bridgehead atoms. The van der Waals surface area contributed by atoms with Crippen LogP contribution in [0.3, 0.4) is 0 Å². The molecular weight excluding hydrogens is 216 g/mol. The lowest BCUT2D eigenvalue weighted by atomic mass is 10.00. The number of carbonyl (C=O) groups is 1. The Kier molecular flexibility index (Phi) is 5.92. The van der Waals surface area contributed by atoms with Crippen molar-refractivity contribution in [3.63, 3.8) is 0 Å². The Bertz CT molecular complexity index is 236. The van der Waals surface area contributed by atoms with E-state index in [0.717, 1.165) is 32.4 Å². The molecule has 1 aliphatic rings. The van der Waals surface area contributed by atoms with Crippen molar-refractivity contribution in [3.8, 4) is 0 Å². The van der Waals surface area contributed by atoms with Crippen molar-refractivity contribution < 1.29 is 9.90 Å². The summed E-state index contributed by atoms with van der Waals surface area (Å²) >= 11 is 0. The maximum absolute atomic E-state index is 11.2. The third-order valence-corrected chi connectivity index (χ3v) is 3.39. The van der Waals surface area contributed by atoms with Crippen molar-refractivity contribution in [1.82, 2.24) is 10.2 Å². The van der Waals surface area contributed by atoms with Gasteiger partial charge in [-0.15, -0.1) is 0 Å². The van der Waals surface area contributed by atoms with E-state index >= 15 is 0 Å². The Morgan fingerprint density at radius 3 is 2.41 bits per heavy atom. The highest BCUT2D eigenvalue weighted by Crippen LogP contribution is 2.13. The zero-order valence-corrected chi connectivity index (χ0v) is 11.3. The molecule has 17 heavy (non-hydrogen) atoms. The van der Waals surface area contributed by atoms with Crippen LogP contribution in [0.2, 0.25) is 0 Å². The highest BCUT2D eigenvalue weighted by molar-refractivity contribution is 5.73. The molecule has 0 aromatic heterocycles. The molecule has 1 aliphatic heterocycles. The molecule has 4 heteroatoms. The van der Waals surface area contributed by atoms with Crippen LogP contribution in [0.5, 0.6) is 0 Å². The third kappa shape index (κ3) is 5.04. The molecule has 100 valence electrons. The van der Waals surface area contributed by atoms with Crippen LogP contribution in [0, 0.1) is 5.92 Å². The molecule has 2 N–H and O–H groups in total. The van der Waals surface area contributed by atoms with E-state index in [0.29, 0.717) is 12.0 Å². The van der Waals surface area contributed by atoms with E-state index in [9.17, 15) is 9.90 Å². The molecule has 0 spiro atoms. The van der Waals surface area contributed by atoms with Gasteiger partial charge in [-0.25, -0.2) is 0 Å². The molecule has 1 saturated heterocycles. The summed E-state index contributed by atoms with van der Waals surface area (Å²) in [4.78, 5) is 13.1. The average Bonchev–Trinajstić information content (AvgIpc) is 2.28. The maximum Gasteiger partial charge on any atom is 0.219 e. The number of hydrogen-bond donors (Lipinski definition) is 2. The van der Waals surface area contributed by atoms with Gasteiger partial charge in [-0.3, -0.25) is 4.79 Å².